The Bertz CT molecular complexity index is 340. The van der Waals surface area contributed by atoms with E-state index in [1.54, 1.807) is 6.20 Å². The highest BCUT2D eigenvalue weighted by molar-refractivity contribution is 9.10. The molecule has 0 aliphatic rings. The molecule has 0 bridgehead atoms. The molecule has 0 fully saturated rings. The number of nitrogens with one attached hydrogen (secondary N) is 1. The lowest BCUT2D eigenvalue weighted by Crippen LogP contribution is -2.36. The molecule has 0 radical (unpaired) electrons. The Balaban J connectivity index is 2.93. The molecular formula is C12H20BrN3. The van der Waals surface area contributed by atoms with E-state index in [2.05, 4.69) is 47.0 Å². The predicted octanol–water partition coefficient (Wildman–Crippen LogP) is 3.81. The van der Waals surface area contributed by atoms with Gasteiger partial charge in [-0.05, 0) is 41.3 Å². The Morgan fingerprint density at radius 3 is 2.31 bits per heavy atom. The van der Waals surface area contributed by atoms with Gasteiger partial charge in [0, 0.05) is 5.54 Å². The highest BCUT2D eigenvalue weighted by Gasteiger charge is 2.24. The fraction of sp³-hybridized carbons (Fsp3) is 0.583. The van der Waals surface area contributed by atoms with Crippen LogP contribution < -0.4 is 11.1 Å². The number of nitrogens with zero attached hydrogens (tertiary/aromatic N) is 1. The van der Waals surface area contributed by atoms with Gasteiger partial charge in [0.2, 0.25) is 0 Å². The van der Waals surface area contributed by atoms with Gasteiger partial charge in [-0.15, -0.1) is 0 Å². The van der Waals surface area contributed by atoms with Crippen LogP contribution >= 0.6 is 15.9 Å². The van der Waals surface area contributed by atoms with Crippen molar-refractivity contribution in [3.8, 4) is 0 Å². The van der Waals surface area contributed by atoms with Gasteiger partial charge in [-0.2, -0.15) is 0 Å². The average molecular weight is 286 g/mol. The van der Waals surface area contributed by atoms with Crippen molar-refractivity contribution >= 4 is 27.4 Å². The topological polar surface area (TPSA) is 50.9 Å². The molecule has 0 atom stereocenters. The minimum absolute atomic E-state index is 0.131. The van der Waals surface area contributed by atoms with Gasteiger partial charge >= 0.3 is 0 Å². The molecule has 0 spiro atoms. The molecule has 0 saturated carbocycles. The summed E-state index contributed by atoms with van der Waals surface area (Å²) in [7, 11) is 0. The largest absolute Gasteiger partial charge is 0.397 e. The van der Waals surface area contributed by atoms with E-state index in [1.165, 1.54) is 0 Å². The molecule has 0 aliphatic heterocycles. The SMILES string of the molecule is CCC(CC)(CC)Nc1ncc(N)cc1Br. The molecule has 90 valence electrons. The van der Waals surface area contributed by atoms with Gasteiger partial charge in [-0.1, -0.05) is 20.8 Å². The van der Waals surface area contributed by atoms with Crippen molar-refractivity contribution in [3.63, 3.8) is 0 Å². The van der Waals surface area contributed by atoms with Crippen LogP contribution in [-0.2, 0) is 0 Å². The van der Waals surface area contributed by atoms with Crippen molar-refractivity contribution in [1.29, 1.82) is 0 Å². The summed E-state index contributed by atoms with van der Waals surface area (Å²) in [4.78, 5) is 4.32. The predicted molar refractivity (Wildman–Crippen MR) is 73.6 cm³/mol. The zero-order chi connectivity index (χ0) is 12.2. The van der Waals surface area contributed by atoms with Crippen LogP contribution in [0.1, 0.15) is 40.0 Å². The van der Waals surface area contributed by atoms with Gasteiger partial charge in [0.15, 0.2) is 0 Å². The lowest BCUT2D eigenvalue weighted by atomic mass is 9.90. The third-order valence-electron chi connectivity index (χ3n) is 3.28. The number of hydrogen-bond donors (Lipinski definition) is 2. The van der Waals surface area contributed by atoms with Crippen LogP contribution in [0.4, 0.5) is 11.5 Å². The molecule has 0 amide bonds. The Morgan fingerprint density at radius 1 is 1.31 bits per heavy atom. The maximum Gasteiger partial charge on any atom is 0.140 e. The maximum atomic E-state index is 5.67. The van der Waals surface area contributed by atoms with Crippen molar-refractivity contribution in [3.05, 3.63) is 16.7 Å². The number of nitrogens with two attached hydrogens (primary N) is 1. The molecule has 3 N–H and O–H groups in total. The normalized spacial score (nSPS) is 11.5. The molecule has 1 aromatic heterocycles. The van der Waals surface area contributed by atoms with Crippen LogP contribution in [0.3, 0.4) is 0 Å². The van der Waals surface area contributed by atoms with Crippen LogP contribution in [0, 0.1) is 0 Å². The molecule has 1 aromatic rings. The molecular weight excluding hydrogens is 266 g/mol. The summed E-state index contributed by atoms with van der Waals surface area (Å²) in [6.07, 6.45) is 4.92. The molecule has 4 heteroatoms. The number of anilines is 2. The maximum absolute atomic E-state index is 5.67. The molecule has 0 aromatic carbocycles. The van der Waals surface area contributed by atoms with Crippen LogP contribution in [0.5, 0.6) is 0 Å². The first kappa shape index (κ1) is 13.3. The van der Waals surface area contributed by atoms with E-state index < -0.39 is 0 Å². The monoisotopic (exact) mass is 285 g/mol. The van der Waals surface area contributed by atoms with Crippen LogP contribution in [-0.4, -0.2) is 10.5 Å². The smallest absolute Gasteiger partial charge is 0.140 e. The van der Waals surface area contributed by atoms with E-state index in [9.17, 15) is 0 Å². The molecule has 0 aliphatic carbocycles. The van der Waals surface area contributed by atoms with Gasteiger partial charge in [-0.25, -0.2) is 4.98 Å². The quantitative estimate of drug-likeness (QED) is 0.865. The number of pyridine rings is 1. The standard InChI is InChI=1S/C12H20BrN3/c1-4-12(5-2,6-3)16-11-10(13)7-9(14)8-15-11/h7-8H,4-6,14H2,1-3H3,(H,15,16). The van der Waals surface area contributed by atoms with E-state index in [-0.39, 0.29) is 5.54 Å². The van der Waals surface area contributed by atoms with Gasteiger partial charge < -0.3 is 11.1 Å². The Hall–Kier alpha value is -0.770. The highest BCUT2D eigenvalue weighted by Crippen LogP contribution is 2.29. The zero-order valence-corrected chi connectivity index (χ0v) is 11.8. The minimum Gasteiger partial charge on any atom is -0.397 e. The summed E-state index contributed by atoms with van der Waals surface area (Å²) >= 11 is 3.48. The van der Waals surface area contributed by atoms with Crippen LogP contribution in [0.25, 0.3) is 0 Å². The highest BCUT2D eigenvalue weighted by atomic mass is 79.9. The van der Waals surface area contributed by atoms with E-state index in [1.807, 2.05) is 6.07 Å². The third-order valence-corrected chi connectivity index (χ3v) is 3.88. The van der Waals surface area contributed by atoms with Gasteiger partial charge in [0.05, 0.1) is 16.4 Å². The first-order valence-corrected chi connectivity index (χ1v) is 6.55. The van der Waals surface area contributed by atoms with E-state index >= 15 is 0 Å². The second-order valence-corrected chi connectivity index (χ2v) is 4.92. The number of rotatable bonds is 5. The molecule has 1 heterocycles. The first-order valence-electron chi connectivity index (χ1n) is 5.76. The molecule has 0 unspecified atom stereocenters. The first-order chi connectivity index (χ1) is 7.56. The Morgan fingerprint density at radius 2 is 1.88 bits per heavy atom. The summed E-state index contributed by atoms with van der Waals surface area (Å²) in [5.41, 5.74) is 6.47. The zero-order valence-electron chi connectivity index (χ0n) is 10.2. The van der Waals surface area contributed by atoms with Crippen molar-refractivity contribution in [2.24, 2.45) is 0 Å². The number of halogens is 1. The van der Waals surface area contributed by atoms with Gasteiger partial charge in [0.1, 0.15) is 5.82 Å². The third kappa shape index (κ3) is 2.88. The fourth-order valence-electron chi connectivity index (χ4n) is 1.81. The van der Waals surface area contributed by atoms with Gasteiger partial charge in [-0.3, -0.25) is 0 Å². The minimum atomic E-state index is 0.131. The lowest BCUT2D eigenvalue weighted by Gasteiger charge is -2.32. The van der Waals surface area contributed by atoms with E-state index in [4.69, 9.17) is 5.73 Å². The summed E-state index contributed by atoms with van der Waals surface area (Å²) < 4.78 is 0.923. The second-order valence-electron chi connectivity index (χ2n) is 4.07. The molecule has 16 heavy (non-hydrogen) atoms. The summed E-state index contributed by atoms with van der Waals surface area (Å²) in [5.74, 6) is 0.875. The fourth-order valence-corrected chi connectivity index (χ4v) is 2.28. The van der Waals surface area contributed by atoms with Crippen molar-refractivity contribution in [1.82, 2.24) is 4.98 Å². The van der Waals surface area contributed by atoms with E-state index in [0.29, 0.717) is 5.69 Å². The Labute approximate surface area is 106 Å². The lowest BCUT2D eigenvalue weighted by molar-refractivity contribution is 0.419. The summed E-state index contributed by atoms with van der Waals surface area (Å²) in [6.45, 7) is 6.60. The van der Waals surface area contributed by atoms with Crippen LogP contribution in [0.15, 0.2) is 16.7 Å². The van der Waals surface area contributed by atoms with Crippen molar-refractivity contribution < 1.29 is 0 Å². The second kappa shape index (κ2) is 5.53. The van der Waals surface area contributed by atoms with Crippen molar-refractivity contribution in [2.75, 3.05) is 11.1 Å². The molecule has 0 saturated heterocycles. The summed E-state index contributed by atoms with van der Waals surface area (Å²) in [6, 6.07) is 1.88. The summed E-state index contributed by atoms with van der Waals surface area (Å²) in [5, 5.41) is 3.52. The average Bonchev–Trinajstić information content (AvgIpc) is 2.29. The number of hydrogen-bond acceptors (Lipinski definition) is 3. The van der Waals surface area contributed by atoms with Crippen molar-refractivity contribution in [2.45, 2.75) is 45.6 Å². The van der Waals surface area contributed by atoms with E-state index in [0.717, 1.165) is 29.6 Å². The van der Waals surface area contributed by atoms with Crippen LogP contribution in [0.2, 0.25) is 0 Å². The molecule has 3 nitrogen and oxygen atoms in total. The molecule has 1 rings (SSSR count). The number of aromatic nitrogens is 1. The van der Waals surface area contributed by atoms with Gasteiger partial charge in [0.25, 0.3) is 0 Å². The Kier molecular flexibility index (Phi) is 4.59. The number of nitrogen functional groups attached to an aromatic ring is 1.